The Kier molecular flexibility index (Phi) is 11.2. The Morgan fingerprint density at radius 2 is 1.77 bits per heavy atom. The number of nitrogens with one attached hydrogen (secondary N) is 1. The Hall–Kier alpha value is -1.91. The van der Waals surface area contributed by atoms with Crippen molar-refractivity contribution in [2.24, 2.45) is 0 Å². The summed E-state index contributed by atoms with van der Waals surface area (Å²) in [6, 6.07) is 17.4. The van der Waals surface area contributed by atoms with E-state index in [-0.39, 0.29) is 52.1 Å². The smallest absolute Gasteiger partial charge is 1.00 e. The zero-order chi connectivity index (χ0) is 24.7. The SMILES string of the molecule is COc1ccc(S(=O)(=O)c2ccc(CCCNC[C@@H](O)c3cccc(Cl)c3)cc2)cc1C(=O)O.[H-].[Na+]. The van der Waals surface area contributed by atoms with Crippen molar-refractivity contribution in [3.63, 3.8) is 0 Å². The largest absolute Gasteiger partial charge is 1.00 e. The van der Waals surface area contributed by atoms with Crippen molar-refractivity contribution in [1.29, 1.82) is 0 Å². The van der Waals surface area contributed by atoms with E-state index >= 15 is 0 Å². The van der Waals surface area contributed by atoms with Crippen LogP contribution in [-0.2, 0) is 16.3 Å². The third-order valence-corrected chi connectivity index (χ3v) is 7.34. The summed E-state index contributed by atoms with van der Waals surface area (Å²) < 4.78 is 30.9. The van der Waals surface area contributed by atoms with Gasteiger partial charge in [-0.15, -0.1) is 0 Å². The van der Waals surface area contributed by atoms with Crippen molar-refractivity contribution in [1.82, 2.24) is 5.32 Å². The fourth-order valence-corrected chi connectivity index (χ4v) is 4.97. The van der Waals surface area contributed by atoms with Gasteiger partial charge < -0.3 is 21.7 Å². The topological polar surface area (TPSA) is 113 Å². The number of aliphatic hydroxyl groups is 1. The summed E-state index contributed by atoms with van der Waals surface area (Å²) in [5.41, 5.74) is 1.51. The van der Waals surface area contributed by atoms with Crippen molar-refractivity contribution in [3.8, 4) is 5.75 Å². The van der Waals surface area contributed by atoms with Gasteiger partial charge in [0.05, 0.1) is 23.0 Å². The fraction of sp³-hybridized carbons (Fsp3) is 0.240. The van der Waals surface area contributed by atoms with Crippen LogP contribution < -0.4 is 39.6 Å². The van der Waals surface area contributed by atoms with E-state index in [1.54, 1.807) is 30.3 Å². The van der Waals surface area contributed by atoms with Gasteiger partial charge in [0.2, 0.25) is 9.84 Å². The minimum Gasteiger partial charge on any atom is -1.00 e. The molecule has 3 aromatic rings. The summed E-state index contributed by atoms with van der Waals surface area (Å²) in [4.78, 5) is 11.4. The molecule has 35 heavy (non-hydrogen) atoms. The normalized spacial score (nSPS) is 12.0. The molecule has 10 heteroatoms. The Bertz CT molecular complexity index is 1260. The van der Waals surface area contributed by atoms with E-state index in [0.717, 1.165) is 30.0 Å². The number of aromatic carboxylic acids is 1. The van der Waals surface area contributed by atoms with Crippen molar-refractivity contribution < 1.29 is 59.1 Å². The van der Waals surface area contributed by atoms with Crippen LogP contribution in [0, 0.1) is 0 Å². The first-order valence-corrected chi connectivity index (χ1v) is 12.5. The number of rotatable bonds is 11. The first-order valence-electron chi connectivity index (χ1n) is 10.6. The number of sulfone groups is 1. The molecule has 182 valence electrons. The molecular formula is C25H27ClNNaO6S. The average Bonchev–Trinajstić information content (AvgIpc) is 2.83. The van der Waals surface area contributed by atoms with Crippen LogP contribution in [0.15, 0.2) is 76.5 Å². The van der Waals surface area contributed by atoms with Gasteiger partial charge in [0, 0.05) is 11.6 Å². The molecule has 0 saturated carbocycles. The van der Waals surface area contributed by atoms with Crippen molar-refractivity contribution in [3.05, 3.63) is 88.4 Å². The summed E-state index contributed by atoms with van der Waals surface area (Å²) >= 11 is 5.95. The molecule has 0 fully saturated rings. The van der Waals surface area contributed by atoms with Gasteiger partial charge in [0.15, 0.2) is 0 Å². The monoisotopic (exact) mass is 527 g/mol. The minimum absolute atomic E-state index is 0. The molecule has 1 atom stereocenters. The maximum atomic E-state index is 12.9. The number of methoxy groups -OCH3 is 1. The Balaban J connectivity index is 0.00000324. The molecule has 0 bridgehead atoms. The second kappa shape index (κ2) is 13.4. The number of halogens is 1. The number of carboxylic acids is 1. The van der Waals surface area contributed by atoms with E-state index in [1.165, 1.54) is 31.4 Å². The van der Waals surface area contributed by atoms with E-state index < -0.39 is 21.9 Å². The summed E-state index contributed by atoms with van der Waals surface area (Å²) in [6.07, 6.45) is 0.879. The molecule has 3 aromatic carbocycles. The van der Waals surface area contributed by atoms with Gasteiger partial charge in [-0.25, -0.2) is 13.2 Å². The molecule has 3 N–H and O–H groups in total. The predicted octanol–water partition coefficient (Wildman–Crippen LogP) is 1.25. The number of aliphatic hydroxyl groups excluding tert-OH is 1. The molecule has 3 rings (SSSR count). The summed E-state index contributed by atoms with van der Waals surface area (Å²) in [7, 11) is -2.55. The van der Waals surface area contributed by atoms with Gasteiger partial charge in [-0.2, -0.15) is 0 Å². The molecule has 0 spiro atoms. The molecule has 0 aromatic heterocycles. The van der Waals surface area contributed by atoms with Crippen LogP contribution in [0.2, 0.25) is 5.02 Å². The number of benzene rings is 3. The molecule has 0 aliphatic carbocycles. The van der Waals surface area contributed by atoms with Gasteiger partial charge in [-0.05, 0) is 73.0 Å². The fourth-order valence-electron chi connectivity index (χ4n) is 3.48. The molecule has 0 radical (unpaired) electrons. The summed E-state index contributed by atoms with van der Waals surface area (Å²) in [5.74, 6) is -1.17. The zero-order valence-corrected chi connectivity index (χ0v) is 23.1. The zero-order valence-electron chi connectivity index (χ0n) is 20.6. The standard InChI is InChI=1S/C25H26ClNO6S.Na.H/c1-33-24-12-11-21(15-22(24)25(29)30)34(31,32)20-9-7-17(8-10-20)4-3-13-27-16-23(28)18-5-2-6-19(26)14-18;;/h2,5-12,14-15,23,27-28H,3-4,13,16H2,1H3,(H,29,30);;/q;+1;-1/t23-;;/m1../s1. The molecule has 0 unspecified atom stereocenters. The van der Waals surface area contributed by atoms with Crippen LogP contribution in [0.25, 0.3) is 0 Å². The van der Waals surface area contributed by atoms with E-state index in [4.69, 9.17) is 16.3 Å². The van der Waals surface area contributed by atoms with Gasteiger partial charge in [0.25, 0.3) is 0 Å². The van der Waals surface area contributed by atoms with Crippen LogP contribution in [-0.4, -0.2) is 44.8 Å². The summed E-state index contributed by atoms with van der Waals surface area (Å²) in [6.45, 7) is 1.08. The number of hydrogen-bond acceptors (Lipinski definition) is 6. The quantitative estimate of drug-likeness (QED) is 0.254. The molecule has 0 aliphatic rings. The molecule has 7 nitrogen and oxygen atoms in total. The average molecular weight is 528 g/mol. The molecule has 0 aliphatic heterocycles. The minimum atomic E-state index is -3.87. The molecule has 0 amide bonds. The maximum absolute atomic E-state index is 12.9. The van der Waals surface area contributed by atoms with Crippen LogP contribution >= 0.6 is 11.6 Å². The van der Waals surface area contributed by atoms with Crippen molar-refractivity contribution >= 4 is 27.4 Å². The van der Waals surface area contributed by atoms with Crippen molar-refractivity contribution in [2.75, 3.05) is 20.2 Å². The van der Waals surface area contributed by atoms with Crippen LogP contribution in [0.4, 0.5) is 0 Å². The molecule has 0 heterocycles. The van der Waals surface area contributed by atoms with E-state index in [9.17, 15) is 23.4 Å². The Morgan fingerprint density at radius 3 is 2.40 bits per heavy atom. The second-order valence-corrected chi connectivity index (χ2v) is 10.1. The van der Waals surface area contributed by atoms with Crippen LogP contribution in [0.3, 0.4) is 0 Å². The maximum Gasteiger partial charge on any atom is 1.00 e. The van der Waals surface area contributed by atoms with Gasteiger partial charge in [-0.3, -0.25) is 0 Å². The predicted molar refractivity (Wildman–Crippen MR) is 131 cm³/mol. The summed E-state index contributed by atoms with van der Waals surface area (Å²) in [5, 5.41) is 23.3. The Labute approximate surface area is 233 Å². The number of ether oxygens (including phenoxy) is 1. The number of aryl methyl sites for hydroxylation is 1. The Morgan fingerprint density at radius 1 is 1.09 bits per heavy atom. The second-order valence-electron chi connectivity index (χ2n) is 7.69. The number of hydrogen-bond donors (Lipinski definition) is 3. The first-order chi connectivity index (χ1) is 16.2. The third kappa shape index (κ3) is 7.79. The number of carbonyl (C=O) groups is 1. The van der Waals surface area contributed by atoms with Gasteiger partial charge in [-0.1, -0.05) is 35.9 Å². The van der Waals surface area contributed by atoms with E-state index in [0.29, 0.717) is 18.1 Å². The van der Waals surface area contributed by atoms with Crippen LogP contribution in [0.5, 0.6) is 5.75 Å². The first kappa shape index (κ1) is 29.3. The number of carboxylic acid groups (broad SMARTS) is 1. The van der Waals surface area contributed by atoms with E-state index in [1.807, 2.05) is 6.07 Å². The van der Waals surface area contributed by atoms with Gasteiger partial charge >= 0.3 is 35.5 Å². The van der Waals surface area contributed by atoms with Crippen molar-refractivity contribution in [2.45, 2.75) is 28.7 Å². The third-order valence-electron chi connectivity index (χ3n) is 5.34. The van der Waals surface area contributed by atoms with Crippen LogP contribution in [0.1, 0.15) is 35.4 Å². The molecule has 0 saturated heterocycles. The van der Waals surface area contributed by atoms with Gasteiger partial charge in [0.1, 0.15) is 11.3 Å². The molecular weight excluding hydrogens is 501 g/mol. The van der Waals surface area contributed by atoms with E-state index in [2.05, 4.69) is 5.32 Å².